The van der Waals surface area contributed by atoms with Gasteiger partial charge in [-0.15, -0.1) is 0 Å². The summed E-state index contributed by atoms with van der Waals surface area (Å²) in [4.78, 5) is 51.5. The van der Waals surface area contributed by atoms with Gasteiger partial charge in [-0.3, -0.25) is 24.1 Å². The van der Waals surface area contributed by atoms with Gasteiger partial charge in [0.1, 0.15) is 6.04 Å². The first-order valence-electron chi connectivity index (χ1n) is 10.4. The zero-order valence-corrected chi connectivity index (χ0v) is 19.8. The fraction of sp³-hybridized carbons (Fsp3) is 0.250. The van der Waals surface area contributed by atoms with Crippen molar-refractivity contribution in [2.45, 2.75) is 19.9 Å². The number of carbonyl (C=O) groups excluding carboxylic acids is 4. The van der Waals surface area contributed by atoms with Gasteiger partial charge in [-0.05, 0) is 53.6 Å². The molecule has 1 atom stereocenters. The number of carbonyl (C=O) groups is 4. The van der Waals surface area contributed by atoms with E-state index in [0.29, 0.717) is 15.5 Å². The third kappa shape index (κ3) is 6.46. The fourth-order valence-electron chi connectivity index (χ4n) is 3.16. The Balaban J connectivity index is 1.56. The summed E-state index contributed by atoms with van der Waals surface area (Å²) in [7, 11) is 0. The highest BCUT2D eigenvalue weighted by atomic mass is 35.5. The second-order valence-electron chi connectivity index (χ2n) is 7.74. The maximum absolute atomic E-state index is 12.7. The first kappa shape index (κ1) is 24.5. The first-order chi connectivity index (χ1) is 15.8. The van der Waals surface area contributed by atoms with Crippen LogP contribution in [0.4, 0.5) is 4.79 Å². The lowest BCUT2D eigenvalue weighted by Crippen LogP contribution is -2.51. The van der Waals surface area contributed by atoms with Crippen LogP contribution in [0, 0.1) is 5.92 Å². The summed E-state index contributed by atoms with van der Waals surface area (Å²) >= 11 is 6.72. The van der Waals surface area contributed by atoms with Gasteiger partial charge in [0.15, 0.2) is 0 Å². The average molecular weight is 486 g/mol. The number of amides is 4. The molecule has 0 aromatic heterocycles. The van der Waals surface area contributed by atoms with Gasteiger partial charge in [-0.1, -0.05) is 55.8 Å². The molecule has 2 N–H and O–H groups in total. The van der Waals surface area contributed by atoms with Crippen molar-refractivity contribution in [3.8, 4) is 0 Å². The molecule has 0 saturated carbocycles. The molecule has 1 saturated heterocycles. The maximum atomic E-state index is 12.7. The number of thioether (sulfide) groups is 1. The summed E-state index contributed by atoms with van der Waals surface area (Å²) in [5.41, 5.74) is 1.22. The Labute approximate surface area is 201 Å². The van der Waals surface area contributed by atoms with Gasteiger partial charge in [0, 0.05) is 23.7 Å². The summed E-state index contributed by atoms with van der Waals surface area (Å²) < 4.78 is 0. The van der Waals surface area contributed by atoms with Crippen LogP contribution in [0.5, 0.6) is 0 Å². The van der Waals surface area contributed by atoms with E-state index in [1.54, 1.807) is 30.3 Å². The third-order valence-electron chi connectivity index (χ3n) is 4.95. The summed E-state index contributed by atoms with van der Waals surface area (Å²) in [6, 6.07) is 14.8. The molecule has 0 bridgehead atoms. The zero-order valence-electron chi connectivity index (χ0n) is 18.2. The van der Waals surface area contributed by atoms with Crippen molar-refractivity contribution >= 4 is 52.4 Å². The Morgan fingerprint density at radius 2 is 1.73 bits per heavy atom. The minimum Gasteiger partial charge on any atom is -0.353 e. The molecular formula is C24H24ClN3O4S. The third-order valence-corrected chi connectivity index (χ3v) is 6.11. The molecular weight excluding hydrogens is 462 g/mol. The van der Waals surface area contributed by atoms with Crippen molar-refractivity contribution in [3.63, 3.8) is 0 Å². The van der Waals surface area contributed by atoms with E-state index < -0.39 is 11.9 Å². The highest BCUT2D eigenvalue weighted by Crippen LogP contribution is 2.31. The van der Waals surface area contributed by atoms with Crippen molar-refractivity contribution in [3.05, 3.63) is 75.7 Å². The Kier molecular flexibility index (Phi) is 8.30. The van der Waals surface area contributed by atoms with Crippen LogP contribution >= 0.6 is 23.4 Å². The van der Waals surface area contributed by atoms with Crippen LogP contribution in [0.1, 0.15) is 29.8 Å². The van der Waals surface area contributed by atoms with E-state index in [9.17, 15) is 19.2 Å². The van der Waals surface area contributed by atoms with Gasteiger partial charge in [-0.25, -0.2) is 0 Å². The van der Waals surface area contributed by atoms with Crippen LogP contribution < -0.4 is 10.6 Å². The summed E-state index contributed by atoms with van der Waals surface area (Å²) in [5.74, 6) is -1.34. The quantitative estimate of drug-likeness (QED) is 0.552. The van der Waals surface area contributed by atoms with E-state index in [2.05, 4.69) is 10.6 Å². The molecule has 172 valence electrons. The van der Waals surface area contributed by atoms with Gasteiger partial charge < -0.3 is 10.6 Å². The van der Waals surface area contributed by atoms with Crippen molar-refractivity contribution in [1.29, 1.82) is 0 Å². The Hall–Kier alpha value is -3.10. The SMILES string of the molecule is CC(C)[C@H](NC(=O)c1ccc(Cl)cc1)C(=O)NCCN1C(=O)S/C(=C\c2ccccc2)C1=O. The maximum Gasteiger partial charge on any atom is 0.293 e. The van der Waals surface area contributed by atoms with Crippen molar-refractivity contribution in [1.82, 2.24) is 15.5 Å². The number of hydrogen-bond acceptors (Lipinski definition) is 5. The largest absolute Gasteiger partial charge is 0.353 e. The molecule has 3 rings (SSSR count). The lowest BCUT2D eigenvalue weighted by Gasteiger charge is -2.22. The van der Waals surface area contributed by atoms with Gasteiger partial charge >= 0.3 is 0 Å². The van der Waals surface area contributed by atoms with Gasteiger partial charge in [0.05, 0.1) is 4.91 Å². The molecule has 1 heterocycles. The second kappa shape index (κ2) is 11.2. The zero-order chi connectivity index (χ0) is 24.0. The van der Waals surface area contributed by atoms with Crippen molar-refractivity contribution in [2.24, 2.45) is 5.92 Å². The van der Waals surface area contributed by atoms with E-state index >= 15 is 0 Å². The van der Waals surface area contributed by atoms with Crippen molar-refractivity contribution in [2.75, 3.05) is 13.1 Å². The minimum atomic E-state index is -0.777. The van der Waals surface area contributed by atoms with E-state index in [-0.39, 0.29) is 36.1 Å². The molecule has 1 aliphatic rings. The molecule has 0 aliphatic carbocycles. The Bertz CT molecular complexity index is 1070. The molecule has 7 nitrogen and oxygen atoms in total. The van der Waals surface area contributed by atoms with Crippen LogP contribution in [0.3, 0.4) is 0 Å². The number of imide groups is 1. The fourth-order valence-corrected chi connectivity index (χ4v) is 4.15. The lowest BCUT2D eigenvalue weighted by atomic mass is 10.0. The normalized spacial score (nSPS) is 15.8. The van der Waals surface area contributed by atoms with E-state index in [0.717, 1.165) is 22.2 Å². The number of nitrogens with one attached hydrogen (secondary N) is 2. The smallest absolute Gasteiger partial charge is 0.293 e. The van der Waals surface area contributed by atoms with E-state index in [1.165, 1.54) is 0 Å². The van der Waals surface area contributed by atoms with Crippen LogP contribution in [0.15, 0.2) is 59.5 Å². The Morgan fingerprint density at radius 3 is 2.36 bits per heavy atom. The molecule has 9 heteroatoms. The summed E-state index contributed by atoms with van der Waals surface area (Å²) in [6.07, 6.45) is 1.67. The Morgan fingerprint density at radius 1 is 1.06 bits per heavy atom. The van der Waals surface area contributed by atoms with Crippen LogP contribution in [0.25, 0.3) is 6.08 Å². The highest BCUT2D eigenvalue weighted by Gasteiger charge is 2.35. The predicted octanol–water partition coefficient (Wildman–Crippen LogP) is 3.95. The number of rotatable bonds is 8. The van der Waals surface area contributed by atoms with E-state index in [1.807, 2.05) is 44.2 Å². The summed E-state index contributed by atoms with van der Waals surface area (Å²) in [5, 5.41) is 5.57. The van der Waals surface area contributed by atoms with Gasteiger partial charge in [0.25, 0.3) is 17.1 Å². The molecule has 2 aromatic carbocycles. The number of hydrogen-bond donors (Lipinski definition) is 2. The number of nitrogens with zero attached hydrogens (tertiary/aromatic N) is 1. The molecule has 0 unspecified atom stereocenters. The topological polar surface area (TPSA) is 95.6 Å². The molecule has 1 fully saturated rings. The lowest BCUT2D eigenvalue weighted by molar-refractivity contribution is -0.125. The molecule has 33 heavy (non-hydrogen) atoms. The van der Waals surface area contributed by atoms with Gasteiger partial charge in [0.2, 0.25) is 5.91 Å². The molecule has 0 radical (unpaired) electrons. The number of halogens is 1. The minimum absolute atomic E-state index is 0.0402. The van der Waals surface area contributed by atoms with Crippen LogP contribution in [-0.2, 0) is 9.59 Å². The monoisotopic (exact) mass is 485 g/mol. The van der Waals surface area contributed by atoms with Crippen LogP contribution in [-0.4, -0.2) is 47.0 Å². The predicted molar refractivity (Wildman–Crippen MR) is 130 cm³/mol. The molecule has 1 aliphatic heterocycles. The average Bonchev–Trinajstić information content (AvgIpc) is 3.05. The summed E-state index contributed by atoms with van der Waals surface area (Å²) in [6.45, 7) is 3.75. The highest BCUT2D eigenvalue weighted by molar-refractivity contribution is 8.18. The molecule has 0 spiro atoms. The standard InChI is InChI=1S/C24H24ClN3O4S/c1-15(2)20(27-21(29)17-8-10-18(25)11-9-17)22(30)26-12-13-28-23(31)19(33-24(28)32)14-16-6-4-3-5-7-16/h3-11,14-15,20H,12-13H2,1-2H3,(H,26,30)(H,27,29)/b19-14-/t20-/m0/s1. The van der Waals surface area contributed by atoms with Crippen molar-refractivity contribution < 1.29 is 19.2 Å². The number of benzene rings is 2. The first-order valence-corrected chi connectivity index (χ1v) is 11.6. The second-order valence-corrected chi connectivity index (χ2v) is 9.17. The van der Waals surface area contributed by atoms with E-state index in [4.69, 9.17) is 11.6 Å². The van der Waals surface area contributed by atoms with Gasteiger partial charge in [-0.2, -0.15) is 0 Å². The molecule has 4 amide bonds. The molecule has 2 aromatic rings. The van der Waals surface area contributed by atoms with Crippen LogP contribution in [0.2, 0.25) is 5.02 Å².